The molecule has 2 aliphatic carbocycles. The fraction of sp³-hybridized carbons (Fsp3) is 0.393. The summed E-state index contributed by atoms with van der Waals surface area (Å²) in [4.78, 5) is 45.3. The van der Waals surface area contributed by atoms with E-state index >= 15 is 0 Å². The molecule has 7 atom stereocenters. The number of ether oxygens (including phenoxy) is 2. The van der Waals surface area contributed by atoms with Gasteiger partial charge in [-0.2, -0.15) is 0 Å². The summed E-state index contributed by atoms with van der Waals surface area (Å²) in [6.45, 7) is 1.98. The van der Waals surface area contributed by atoms with Crippen molar-refractivity contribution in [2.45, 2.75) is 29.5 Å². The minimum atomic E-state index is -0.378. The molecule has 0 unspecified atom stereocenters. The standard InChI is InChI=1S/C28H26N2O6S2/c1-11-4-6-13(7-5-11)30-26(32)20-14-10-15(21(20)27(30)33)23-19(14)18(24-25(37-23)29-28(34)38-24)12-8-16(35-2)22(31)17(9-12)36-3/h4-9,14-15,18-21,23,31H,10H2,1-3H3,(H,29,34)/t14-,15-,18+,19+,20+,21+,23-/m1/s1. The number of hydrogen-bond donors (Lipinski definition) is 2. The number of amides is 2. The van der Waals surface area contributed by atoms with Crippen LogP contribution in [0.25, 0.3) is 0 Å². The molecule has 2 aromatic carbocycles. The third-order valence-electron chi connectivity index (χ3n) is 8.88. The Balaban J connectivity index is 1.34. The number of anilines is 1. The first-order chi connectivity index (χ1) is 18.3. The van der Waals surface area contributed by atoms with Gasteiger partial charge in [-0.05, 0) is 60.9 Å². The summed E-state index contributed by atoms with van der Waals surface area (Å²) in [5.41, 5.74) is 2.56. The molecule has 0 radical (unpaired) electrons. The minimum absolute atomic E-state index is 0.00413. The number of carbonyl (C=O) groups is 2. The van der Waals surface area contributed by atoms with Gasteiger partial charge in [0.2, 0.25) is 17.6 Å². The van der Waals surface area contributed by atoms with Crippen molar-refractivity contribution in [2.75, 3.05) is 19.1 Å². The van der Waals surface area contributed by atoms with Gasteiger partial charge in [-0.25, -0.2) is 0 Å². The van der Waals surface area contributed by atoms with Crippen LogP contribution in [0.15, 0.2) is 46.2 Å². The van der Waals surface area contributed by atoms with Crippen LogP contribution in [-0.4, -0.2) is 41.4 Å². The fourth-order valence-electron chi connectivity index (χ4n) is 7.43. The molecule has 2 bridgehead atoms. The molecule has 1 saturated heterocycles. The van der Waals surface area contributed by atoms with Gasteiger partial charge in [-0.15, -0.1) is 11.8 Å². The smallest absolute Gasteiger partial charge is 0.305 e. The number of aryl methyl sites for hydroxylation is 1. The van der Waals surface area contributed by atoms with Crippen molar-refractivity contribution >= 4 is 40.6 Å². The summed E-state index contributed by atoms with van der Waals surface area (Å²) >= 11 is 2.83. The Kier molecular flexibility index (Phi) is 5.26. The molecule has 38 heavy (non-hydrogen) atoms. The van der Waals surface area contributed by atoms with Crippen LogP contribution in [0.5, 0.6) is 17.2 Å². The van der Waals surface area contributed by atoms with Crippen LogP contribution in [0.4, 0.5) is 5.69 Å². The Morgan fingerprint density at radius 1 is 0.974 bits per heavy atom. The molecule has 3 heterocycles. The second-order valence-corrected chi connectivity index (χ2v) is 12.8. The van der Waals surface area contributed by atoms with Crippen molar-refractivity contribution < 1.29 is 24.2 Å². The second kappa shape index (κ2) is 8.38. The quantitative estimate of drug-likeness (QED) is 0.470. The van der Waals surface area contributed by atoms with Gasteiger partial charge in [0.05, 0.1) is 36.8 Å². The number of methoxy groups -OCH3 is 2. The lowest BCUT2D eigenvalue weighted by Crippen LogP contribution is -2.42. The van der Waals surface area contributed by atoms with E-state index in [0.29, 0.717) is 5.69 Å². The molecule has 3 aromatic rings. The van der Waals surface area contributed by atoms with E-state index in [1.807, 2.05) is 31.2 Å². The van der Waals surface area contributed by atoms with Gasteiger partial charge in [0.25, 0.3) is 0 Å². The molecular weight excluding hydrogens is 524 g/mol. The summed E-state index contributed by atoms with van der Waals surface area (Å²) < 4.78 is 10.9. The van der Waals surface area contributed by atoms with Crippen molar-refractivity contribution in [1.82, 2.24) is 4.98 Å². The van der Waals surface area contributed by atoms with E-state index in [2.05, 4.69) is 4.98 Å². The van der Waals surface area contributed by atoms with Crippen LogP contribution in [0.2, 0.25) is 0 Å². The van der Waals surface area contributed by atoms with Crippen LogP contribution in [0.1, 0.15) is 28.3 Å². The molecule has 0 spiro atoms. The van der Waals surface area contributed by atoms with Gasteiger partial charge >= 0.3 is 4.87 Å². The van der Waals surface area contributed by atoms with Crippen LogP contribution < -0.4 is 19.2 Å². The van der Waals surface area contributed by atoms with Gasteiger partial charge in [-0.3, -0.25) is 19.3 Å². The zero-order valence-electron chi connectivity index (χ0n) is 21.0. The summed E-state index contributed by atoms with van der Waals surface area (Å²) in [6, 6.07) is 11.1. The van der Waals surface area contributed by atoms with Crippen molar-refractivity contribution in [3.63, 3.8) is 0 Å². The number of nitrogens with one attached hydrogen (secondary N) is 1. The lowest BCUT2D eigenvalue weighted by Gasteiger charge is -2.43. The Labute approximate surface area is 227 Å². The normalized spacial score (nSPS) is 30.8. The molecule has 3 fully saturated rings. The van der Waals surface area contributed by atoms with E-state index in [4.69, 9.17) is 9.47 Å². The van der Waals surface area contributed by atoms with E-state index in [1.54, 1.807) is 23.9 Å². The molecule has 2 amide bonds. The van der Waals surface area contributed by atoms with Crippen LogP contribution >= 0.6 is 23.1 Å². The Morgan fingerprint density at radius 3 is 2.24 bits per heavy atom. The first-order valence-electron chi connectivity index (χ1n) is 12.6. The van der Waals surface area contributed by atoms with Gasteiger partial charge in [0.15, 0.2) is 11.5 Å². The lowest BCUT2D eigenvalue weighted by atomic mass is 9.68. The molecule has 4 aliphatic rings. The summed E-state index contributed by atoms with van der Waals surface area (Å²) in [6.07, 6.45) is 0.804. The number of H-pyrrole nitrogens is 1. The molecule has 196 valence electrons. The zero-order valence-corrected chi connectivity index (χ0v) is 22.6. The topological polar surface area (TPSA) is 109 Å². The molecule has 2 N–H and O–H groups in total. The summed E-state index contributed by atoms with van der Waals surface area (Å²) in [5, 5.41) is 11.5. The average Bonchev–Trinajstić information content (AvgIpc) is 3.64. The minimum Gasteiger partial charge on any atom is -0.502 e. The predicted molar refractivity (Wildman–Crippen MR) is 143 cm³/mol. The van der Waals surface area contributed by atoms with Gasteiger partial charge < -0.3 is 19.6 Å². The number of nitrogens with zero attached hydrogens (tertiary/aromatic N) is 1. The third kappa shape index (κ3) is 3.13. The number of phenols is 1. The number of fused-ring (bicyclic) bond motifs is 9. The highest BCUT2D eigenvalue weighted by Crippen LogP contribution is 2.69. The van der Waals surface area contributed by atoms with E-state index in [1.165, 1.54) is 30.5 Å². The Bertz CT molecular complexity index is 1520. The van der Waals surface area contributed by atoms with Crippen molar-refractivity contribution in [1.29, 1.82) is 0 Å². The van der Waals surface area contributed by atoms with Gasteiger partial charge in [0.1, 0.15) is 0 Å². The van der Waals surface area contributed by atoms with Crippen LogP contribution in [-0.2, 0) is 9.59 Å². The van der Waals surface area contributed by atoms with Gasteiger partial charge in [-0.1, -0.05) is 29.0 Å². The van der Waals surface area contributed by atoms with Crippen LogP contribution in [0.3, 0.4) is 0 Å². The number of thioether (sulfide) groups is 1. The third-order valence-corrected chi connectivity index (χ3v) is 11.5. The molecule has 10 heteroatoms. The number of imide groups is 1. The number of aromatic amines is 1. The van der Waals surface area contributed by atoms with E-state index < -0.39 is 0 Å². The maximum atomic E-state index is 13.9. The number of hydrogen-bond acceptors (Lipinski definition) is 8. The number of thiazole rings is 1. The molecule has 2 saturated carbocycles. The predicted octanol–water partition coefficient (Wildman–Crippen LogP) is 4.15. The highest BCUT2D eigenvalue weighted by molar-refractivity contribution is 8.00. The number of rotatable bonds is 4. The highest BCUT2D eigenvalue weighted by atomic mass is 32.2. The monoisotopic (exact) mass is 550 g/mol. The number of benzene rings is 2. The van der Waals surface area contributed by atoms with Crippen molar-refractivity contribution in [2.24, 2.45) is 29.6 Å². The Hall–Kier alpha value is -3.24. The summed E-state index contributed by atoms with van der Waals surface area (Å²) in [7, 11) is 2.98. The number of aromatic nitrogens is 1. The van der Waals surface area contributed by atoms with Gasteiger partial charge in [0, 0.05) is 16.0 Å². The fourth-order valence-corrected chi connectivity index (χ4v) is 10.3. The molecular formula is C28H26N2O6S2. The first kappa shape index (κ1) is 23.8. The maximum absolute atomic E-state index is 13.9. The SMILES string of the molecule is COc1cc([C@@H]2c3sc(=O)[nH]c3S[C@@H]3[C@@H]4C[C@@H]([C@@H]5C(=O)N(c6ccc(C)cc6)C(=O)[C@@H]45)[C@@H]23)cc(OC)c1O. The number of carbonyl (C=O) groups excluding carboxylic acids is 2. The summed E-state index contributed by atoms with van der Waals surface area (Å²) in [5.74, 6) is -0.583. The van der Waals surface area contributed by atoms with E-state index in [0.717, 1.165) is 27.5 Å². The number of phenolic OH excluding ortho intramolecular Hbond substituents is 1. The molecule has 8 nitrogen and oxygen atoms in total. The van der Waals surface area contributed by atoms with E-state index in [-0.39, 0.29) is 74.7 Å². The van der Waals surface area contributed by atoms with Crippen molar-refractivity contribution in [3.8, 4) is 17.2 Å². The average molecular weight is 551 g/mol. The molecule has 7 rings (SSSR count). The zero-order chi connectivity index (χ0) is 26.5. The lowest BCUT2D eigenvalue weighted by molar-refractivity contribution is -0.123. The first-order valence-corrected chi connectivity index (χ1v) is 14.3. The molecule has 1 aromatic heterocycles. The molecule has 2 aliphatic heterocycles. The largest absolute Gasteiger partial charge is 0.502 e. The second-order valence-electron chi connectivity index (χ2n) is 10.6. The maximum Gasteiger partial charge on any atom is 0.305 e. The van der Waals surface area contributed by atoms with E-state index in [9.17, 15) is 19.5 Å². The number of aromatic hydroxyl groups is 1. The Morgan fingerprint density at radius 2 is 1.61 bits per heavy atom. The van der Waals surface area contributed by atoms with Crippen LogP contribution in [0, 0.1) is 36.5 Å². The highest BCUT2D eigenvalue weighted by Gasteiger charge is 2.69. The van der Waals surface area contributed by atoms with Crippen molar-refractivity contribution in [3.05, 3.63) is 62.1 Å².